The summed E-state index contributed by atoms with van der Waals surface area (Å²) in [5.74, 6) is 0.896. The summed E-state index contributed by atoms with van der Waals surface area (Å²) >= 11 is 0. The van der Waals surface area contributed by atoms with Crippen molar-refractivity contribution in [3.8, 4) is 0 Å². The fourth-order valence-corrected chi connectivity index (χ4v) is 1.67. The van der Waals surface area contributed by atoms with Crippen molar-refractivity contribution in [1.29, 1.82) is 0 Å². The third-order valence-electron chi connectivity index (χ3n) is 2.44. The molecule has 1 fully saturated rings. The van der Waals surface area contributed by atoms with Crippen molar-refractivity contribution in [3.63, 3.8) is 0 Å². The second kappa shape index (κ2) is 4.58. The Labute approximate surface area is 73.5 Å². The van der Waals surface area contributed by atoms with Gasteiger partial charge in [0, 0.05) is 39.1 Å². The van der Waals surface area contributed by atoms with Crippen LogP contribution in [0, 0.1) is 11.8 Å². The highest BCUT2D eigenvalue weighted by Gasteiger charge is 2.26. The number of hydrogen-bond donors (Lipinski definition) is 1. The van der Waals surface area contributed by atoms with Crippen LogP contribution in [-0.2, 0) is 9.53 Å². The van der Waals surface area contributed by atoms with Gasteiger partial charge in [-0.2, -0.15) is 0 Å². The lowest BCUT2D eigenvalue weighted by Gasteiger charge is -2.26. The van der Waals surface area contributed by atoms with Crippen LogP contribution >= 0.6 is 0 Å². The third kappa shape index (κ3) is 2.29. The van der Waals surface area contributed by atoms with Crippen LogP contribution in [-0.4, -0.2) is 32.6 Å². The molecule has 0 saturated carbocycles. The van der Waals surface area contributed by atoms with Gasteiger partial charge in [0.2, 0.25) is 0 Å². The van der Waals surface area contributed by atoms with Crippen molar-refractivity contribution in [2.45, 2.75) is 13.3 Å². The molecule has 1 aliphatic heterocycles. The summed E-state index contributed by atoms with van der Waals surface area (Å²) < 4.78 is 5.03. The number of Topliss-reactive ketones (excluding diaryl/α,β-unsaturated/α-hetero) is 1. The smallest absolute Gasteiger partial charge is 0.138 e. The van der Waals surface area contributed by atoms with Gasteiger partial charge in [-0.05, 0) is 5.92 Å². The SMILES string of the molecule is COCC(C)C1CNCCC1=O. The molecule has 1 heterocycles. The molecule has 1 aliphatic rings. The van der Waals surface area contributed by atoms with E-state index in [9.17, 15) is 4.79 Å². The van der Waals surface area contributed by atoms with Gasteiger partial charge in [-0.25, -0.2) is 0 Å². The summed E-state index contributed by atoms with van der Waals surface area (Å²) in [6.07, 6.45) is 0.679. The molecule has 0 amide bonds. The predicted molar refractivity (Wildman–Crippen MR) is 47.0 cm³/mol. The van der Waals surface area contributed by atoms with Crippen molar-refractivity contribution in [2.75, 3.05) is 26.8 Å². The van der Waals surface area contributed by atoms with Crippen LogP contribution in [0.2, 0.25) is 0 Å². The first kappa shape index (κ1) is 9.68. The van der Waals surface area contributed by atoms with E-state index in [-0.39, 0.29) is 5.92 Å². The summed E-state index contributed by atoms with van der Waals surface area (Å²) in [6, 6.07) is 0. The summed E-state index contributed by atoms with van der Waals surface area (Å²) in [5.41, 5.74) is 0. The van der Waals surface area contributed by atoms with E-state index in [0.717, 1.165) is 13.1 Å². The summed E-state index contributed by atoms with van der Waals surface area (Å²) in [6.45, 7) is 4.41. The molecule has 1 rings (SSSR count). The zero-order valence-corrected chi connectivity index (χ0v) is 7.80. The maximum Gasteiger partial charge on any atom is 0.138 e. The minimum absolute atomic E-state index is 0.165. The standard InChI is InChI=1S/C9H17NO2/c1-7(6-12-2)8-5-10-4-3-9(8)11/h7-8,10H,3-6H2,1-2H3. The molecule has 0 aliphatic carbocycles. The Hall–Kier alpha value is -0.410. The van der Waals surface area contributed by atoms with Crippen molar-refractivity contribution in [2.24, 2.45) is 11.8 Å². The van der Waals surface area contributed by atoms with E-state index in [1.54, 1.807) is 7.11 Å². The number of methoxy groups -OCH3 is 1. The molecule has 2 atom stereocenters. The molecule has 1 saturated heterocycles. The van der Waals surface area contributed by atoms with Gasteiger partial charge in [0.15, 0.2) is 0 Å². The van der Waals surface area contributed by atoms with E-state index >= 15 is 0 Å². The average Bonchev–Trinajstić information content (AvgIpc) is 2.05. The molecule has 0 aromatic heterocycles. The van der Waals surface area contributed by atoms with Gasteiger partial charge in [-0.3, -0.25) is 4.79 Å². The quantitative estimate of drug-likeness (QED) is 0.670. The second-order valence-electron chi connectivity index (χ2n) is 3.46. The fourth-order valence-electron chi connectivity index (χ4n) is 1.67. The summed E-state index contributed by atoms with van der Waals surface area (Å²) in [5, 5.41) is 3.23. The van der Waals surface area contributed by atoms with E-state index in [2.05, 4.69) is 12.2 Å². The Morgan fingerprint density at radius 3 is 3.08 bits per heavy atom. The van der Waals surface area contributed by atoms with Crippen molar-refractivity contribution < 1.29 is 9.53 Å². The number of nitrogens with one attached hydrogen (secondary N) is 1. The Morgan fingerprint density at radius 2 is 2.50 bits per heavy atom. The van der Waals surface area contributed by atoms with Crippen LogP contribution in [0.5, 0.6) is 0 Å². The molecule has 3 heteroatoms. The minimum atomic E-state index is 0.165. The largest absolute Gasteiger partial charge is 0.384 e. The van der Waals surface area contributed by atoms with Gasteiger partial charge in [0.1, 0.15) is 5.78 Å². The highest BCUT2D eigenvalue weighted by Crippen LogP contribution is 2.16. The lowest BCUT2D eigenvalue weighted by molar-refractivity contribution is -0.126. The molecule has 1 N–H and O–H groups in total. The van der Waals surface area contributed by atoms with Crippen molar-refractivity contribution >= 4 is 5.78 Å². The number of piperidine rings is 1. The minimum Gasteiger partial charge on any atom is -0.384 e. The Balaban J connectivity index is 2.42. The molecule has 0 spiro atoms. The van der Waals surface area contributed by atoms with E-state index in [4.69, 9.17) is 4.74 Å². The molecule has 0 aromatic carbocycles. The molecule has 12 heavy (non-hydrogen) atoms. The lowest BCUT2D eigenvalue weighted by Crippen LogP contribution is -2.41. The maximum atomic E-state index is 11.4. The summed E-state index contributed by atoms with van der Waals surface area (Å²) in [7, 11) is 1.68. The van der Waals surface area contributed by atoms with Crippen LogP contribution < -0.4 is 5.32 Å². The number of carbonyl (C=O) groups is 1. The average molecular weight is 171 g/mol. The molecule has 0 aromatic rings. The Morgan fingerprint density at radius 1 is 1.75 bits per heavy atom. The van der Waals surface area contributed by atoms with Gasteiger partial charge < -0.3 is 10.1 Å². The third-order valence-corrected chi connectivity index (χ3v) is 2.44. The normalized spacial score (nSPS) is 27.2. The lowest BCUT2D eigenvalue weighted by atomic mass is 9.87. The second-order valence-corrected chi connectivity index (χ2v) is 3.46. The summed E-state index contributed by atoms with van der Waals surface area (Å²) in [4.78, 5) is 11.4. The van der Waals surface area contributed by atoms with E-state index in [1.807, 2.05) is 0 Å². The van der Waals surface area contributed by atoms with Crippen LogP contribution in [0.3, 0.4) is 0 Å². The van der Waals surface area contributed by atoms with Gasteiger partial charge in [0.05, 0.1) is 0 Å². The van der Waals surface area contributed by atoms with Crippen LogP contribution in [0.4, 0.5) is 0 Å². The van der Waals surface area contributed by atoms with Gasteiger partial charge in [0.25, 0.3) is 0 Å². The van der Waals surface area contributed by atoms with Crippen LogP contribution in [0.1, 0.15) is 13.3 Å². The molecule has 70 valence electrons. The van der Waals surface area contributed by atoms with Gasteiger partial charge >= 0.3 is 0 Å². The van der Waals surface area contributed by atoms with Crippen LogP contribution in [0.15, 0.2) is 0 Å². The van der Waals surface area contributed by atoms with Gasteiger partial charge in [-0.15, -0.1) is 0 Å². The fraction of sp³-hybridized carbons (Fsp3) is 0.889. The van der Waals surface area contributed by atoms with E-state index in [1.165, 1.54) is 0 Å². The number of ketones is 1. The van der Waals surface area contributed by atoms with E-state index in [0.29, 0.717) is 24.7 Å². The van der Waals surface area contributed by atoms with Crippen LogP contribution in [0.25, 0.3) is 0 Å². The molecule has 0 radical (unpaired) electrons. The zero-order valence-electron chi connectivity index (χ0n) is 7.80. The molecular formula is C9H17NO2. The number of rotatable bonds is 3. The number of carbonyl (C=O) groups excluding carboxylic acids is 1. The van der Waals surface area contributed by atoms with Gasteiger partial charge in [-0.1, -0.05) is 6.92 Å². The first-order chi connectivity index (χ1) is 5.75. The number of hydrogen-bond acceptors (Lipinski definition) is 3. The maximum absolute atomic E-state index is 11.4. The Kier molecular flexibility index (Phi) is 3.69. The monoisotopic (exact) mass is 171 g/mol. The number of ether oxygens (including phenoxy) is 1. The van der Waals surface area contributed by atoms with E-state index < -0.39 is 0 Å². The molecule has 2 unspecified atom stereocenters. The first-order valence-electron chi connectivity index (χ1n) is 4.48. The highest BCUT2D eigenvalue weighted by atomic mass is 16.5. The highest BCUT2D eigenvalue weighted by molar-refractivity contribution is 5.82. The molecular weight excluding hydrogens is 154 g/mol. The first-order valence-corrected chi connectivity index (χ1v) is 4.48. The van der Waals surface area contributed by atoms with Crippen molar-refractivity contribution in [1.82, 2.24) is 5.32 Å². The zero-order chi connectivity index (χ0) is 8.97. The topological polar surface area (TPSA) is 38.3 Å². The molecule has 0 bridgehead atoms. The predicted octanol–water partition coefficient (Wildman–Crippen LogP) is 0.448. The van der Waals surface area contributed by atoms with Crippen molar-refractivity contribution in [3.05, 3.63) is 0 Å². The molecule has 3 nitrogen and oxygen atoms in total. The Bertz CT molecular complexity index is 159.